The highest BCUT2D eigenvalue weighted by molar-refractivity contribution is 7.16. The molecule has 0 aliphatic heterocycles. The molecule has 0 spiro atoms. The summed E-state index contributed by atoms with van der Waals surface area (Å²) in [6, 6.07) is 17.1. The van der Waals surface area contributed by atoms with Gasteiger partial charge in [-0.05, 0) is 74.1 Å². The minimum absolute atomic E-state index is 0.251. The number of hydrogen-bond donors (Lipinski definition) is 1. The van der Waals surface area contributed by atoms with E-state index in [-0.39, 0.29) is 11.9 Å². The Hall–Kier alpha value is -4.34. The molecular formula is C39H42ClN3O5S. The zero-order chi connectivity index (χ0) is 34.7. The van der Waals surface area contributed by atoms with Crippen LogP contribution in [0, 0.1) is 19.8 Å². The number of hydrogen-bond acceptors (Lipinski definition) is 7. The van der Waals surface area contributed by atoms with Gasteiger partial charge < -0.3 is 18.8 Å². The molecule has 2 heterocycles. The van der Waals surface area contributed by atoms with Gasteiger partial charge in [0.1, 0.15) is 17.2 Å². The summed E-state index contributed by atoms with van der Waals surface area (Å²) >= 11 is 7.97. The molecule has 6 rings (SSSR count). The lowest BCUT2D eigenvalue weighted by molar-refractivity contribution is 0.0600. The lowest BCUT2D eigenvalue weighted by Crippen LogP contribution is -2.17. The summed E-state index contributed by atoms with van der Waals surface area (Å²) in [5, 5.41) is 5.10. The summed E-state index contributed by atoms with van der Waals surface area (Å²) in [5.74, 6) is 1.17. The number of aryl methyl sites for hydroxylation is 3. The number of carbonyl (C=O) groups excluding carboxylic acids is 2. The molecule has 10 heteroatoms. The van der Waals surface area contributed by atoms with Crippen LogP contribution in [-0.2, 0) is 17.7 Å². The van der Waals surface area contributed by atoms with Crippen molar-refractivity contribution in [3.8, 4) is 22.8 Å². The molecule has 49 heavy (non-hydrogen) atoms. The number of ether oxygens (including phenoxy) is 3. The van der Waals surface area contributed by atoms with Crippen LogP contribution in [0.4, 0.5) is 5.13 Å². The second kappa shape index (κ2) is 15.0. The zero-order valence-electron chi connectivity index (χ0n) is 28.7. The highest BCUT2D eigenvalue weighted by Crippen LogP contribution is 2.43. The molecule has 0 bridgehead atoms. The molecule has 1 aliphatic carbocycles. The van der Waals surface area contributed by atoms with Crippen LogP contribution in [0.5, 0.6) is 11.5 Å². The van der Waals surface area contributed by atoms with E-state index >= 15 is 0 Å². The van der Waals surface area contributed by atoms with E-state index in [1.54, 1.807) is 32.4 Å². The number of carbonyl (C=O) groups is 2. The normalized spacial score (nSPS) is 13.4. The van der Waals surface area contributed by atoms with E-state index in [4.69, 9.17) is 30.8 Å². The molecule has 1 amide bonds. The quantitative estimate of drug-likeness (QED) is 0.138. The first kappa shape index (κ1) is 34.5. The molecular weight excluding hydrogens is 658 g/mol. The van der Waals surface area contributed by atoms with Crippen molar-refractivity contribution in [3.05, 3.63) is 92.4 Å². The number of benzene rings is 3. The molecule has 1 N–H and O–H groups in total. The molecule has 0 atom stereocenters. The van der Waals surface area contributed by atoms with Crippen LogP contribution >= 0.6 is 22.9 Å². The standard InChI is InChI=1S/C39H42ClN3O5S/c1-23-17-24(2)36-28(18-23)19-31(43(36)22-26-11-14-27(15-12-26)38(45)48-5)37(44)42-39-41-35(29-20-33(47-4)30(40)21-32(29)46-3)34(49-39)16-13-25-9-7-6-8-10-25/h11-12,14-15,17-21,25H,6-10,13,16,22H2,1-5H3,(H,41,42,44). The van der Waals surface area contributed by atoms with Gasteiger partial charge in [-0.25, -0.2) is 9.78 Å². The fraction of sp³-hybridized carbons (Fsp3) is 0.359. The summed E-state index contributed by atoms with van der Waals surface area (Å²) in [4.78, 5) is 32.3. The molecule has 8 nitrogen and oxygen atoms in total. The van der Waals surface area contributed by atoms with Crippen molar-refractivity contribution in [2.75, 3.05) is 26.6 Å². The number of methoxy groups -OCH3 is 3. The van der Waals surface area contributed by atoms with Crippen molar-refractivity contribution in [1.82, 2.24) is 9.55 Å². The van der Waals surface area contributed by atoms with Crippen molar-refractivity contribution >= 4 is 50.8 Å². The van der Waals surface area contributed by atoms with E-state index in [9.17, 15) is 9.59 Å². The number of esters is 1. The van der Waals surface area contributed by atoms with Crippen molar-refractivity contribution in [1.29, 1.82) is 0 Å². The fourth-order valence-electron chi connectivity index (χ4n) is 7.02. The first-order chi connectivity index (χ1) is 23.7. The molecule has 0 unspecified atom stereocenters. The van der Waals surface area contributed by atoms with E-state index in [0.717, 1.165) is 56.6 Å². The Kier molecular flexibility index (Phi) is 10.6. The molecule has 1 saturated carbocycles. The number of rotatable bonds is 11. The predicted molar refractivity (Wildman–Crippen MR) is 197 cm³/mol. The van der Waals surface area contributed by atoms with Crippen molar-refractivity contribution in [2.24, 2.45) is 5.92 Å². The summed E-state index contributed by atoms with van der Waals surface area (Å²) in [6.45, 7) is 4.56. The molecule has 256 valence electrons. The molecule has 5 aromatic rings. The Morgan fingerprint density at radius 3 is 2.39 bits per heavy atom. The van der Waals surface area contributed by atoms with Crippen LogP contribution < -0.4 is 14.8 Å². The minimum Gasteiger partial charge on any atom is -0.496 e. The number of nitrogens with one attached hydrogen (secondary N) is 1. The van der Waals surface area contributed by atoms with Crippen LogP contribution in [0.1, 0.15) is 80.9 Å². The third-order valence-corrected chi connectivity index (χ3v) is 10.8. The molecule has 0 saturated heterocycles. The van der Waals surface area contributed by atoms with Gasteiger partial charge in [0.2, 0.25) is 0 Å². The number of halogens is 1. The monoisotopic (exact) mass is 699 g/mol. The number of amides is 1. The second-order valence-corrected chi connectivity index (χ2v) is 14.3. The van der Waals surface area contributed by atoms with Crippen LogP contribution in [0.15, 0.2) is 54.6 Å². The highest BCUT2D eigenvalue weighted by Gasteiger charge is 2.24. The first-order valence-corrected chi connectivity index (χ1v) is 17.9. The molecule has 1 aliphatic rings. The fourth-order valence-corrected chi connectivity index (χ4v) is 8.24. The zero-order valence-corrected chi connectivity index (χ0v) is 30.2. The topological polar surface area (TPSA) is 91.7 Å². The largest absolute Gasteiger partial charge is 0.496 e. The Morgan fingerprint density at radius 2 is 1.69 bits per heavy atom. The molecule has 0 radical (unpaired) electrons. The van der Waals surface area contributed by atoms with Gasteiger partial charge in [-0.3, -0.25) is 10.1 Å². The van der Waals surface area contributed by atoms with Gasteiger partial charge in [-0.1, -0.05) is 67.5 Å². The maximum Gasteiger partial charge on any atom is 0.337 e. The van der Waals surface area contributed by atoms with E-state index < -0.39 is 0 Å². The lowest BCUT2D eigenvalue weighted by atomic mass is 9.86. The van der Waals surface area contributed by atoms with Gasteiger partial charge >= 0.3 is 5.97 Å². The maximum absolute atomic E-state index is 14.2. The van der Waals surface area contributed by atoms with E-state index in [2.05, 4.69) is 31.3 Å². The minimum atomic E-state index is -0.389. The van der Waals surface area contributed by atoms with Crippen LogP contribution in [0.3, 0.4) is 0 Å². The van der Waals surface area contributed by atoms with Gasteiger partial charge in [0.15, 0.2) is 5.13 Å². The number of thiazole rings is 1. The average molecular weight is 700 g/mol. The Balaban J connectivity index is 1.37. The Morgan fingerprint density at radius 1 is 0.959 bits per heavy atom. The smallest absolute Gasteiger partial charge is 0.337 e. The van der Waals surface area contributed by atoms with Gasteiger partial charge in [-0.2, -0.15) is 0 Å². The summed E-state index contributed by atoms with van der Waals surface area (Å²) in [6.07, 6.45) is 8.31. The lowest BCUT2D eigenvalue weighted by Gasteiger charge is -2.21. The van der Waals surface area contributed by atoms with E-state index in [1.165, 1.54) is 50.6 Å². The summed E-state index contributed by atoms with van der Waals surface area (Å²) in [7, 11) is 4.57. The Labute approximate surface area is 296 Å². The summed E-state index contributed by atoms with van der Waals surface area (Å²) in [5.41, 5.74) is 6.66. The van der Waals surface area contributed by atoms with E-state index in [0.29, 0.717) is 45.4 Å². The first-order valence-electron chi connectivity index (χ1n) is 16.7. The summed E-state index contributed by atoms with van der Waals surface area (Å²) < 4.78 is 18.2. The molecule has 2 aromatic heterocycles. The van der Waals surface area contributed by atoms with Gasteiger partial charge in [0, 0.05) is 28.4 Å². The van der Waals surface area contributed by atoms with Crippen LogP contribution in [0.2, 0.25) is 5.02 Å². The van der Waals surface area contributed by atoms with E-state index in [1.807, 2.05) is 28.8 Å². The highest BCUT2D eigenvalue weighted by atomic mass is 35.5. The molecule has 3 aromatic carbocycles. The van der Waals surface area contributed by atoms with Gasteiger partial charge in [0.05, 0.1) is 43.1 Å². The van der Waals surface area contributed by atoms with Crippen molar-refractivity contribution < 1.29 is 23.8 Å². The third kappa shape index (κ3) is 7.48. The number of aromatic nitrogens is 2. The number of anilines is 1. The van der Waals surface area contributed by atoms with Crippen LogP contribution in [-0.4, -0.2) is 42.8 Å². The number of nitrogens with zero attached hydrogens (tertiary/aromatic N) is 2. The van der Waals surface area contributed by atoms with Crippen molar-refractivity contribution in [3.63, 3.8) is 0 Å². The van der Waals surface area contributed by atoms with Gasteiger partial charge in [-0.15, -0.1) is 11.3 Å². The maximum atomic E-state index is 14.2. The SMILES string of the molecule is COC(=O)c1ccc(Cn2c(C(=O)Nc3nc(-c4cc(OC)c(Cl)cc4OC)c(CCC4CCCCC4)s3)cc3cc(C)cc(C)c32)cc1. The number of fused-ring (bicyclic) bond motifs is 1. The van der Waals surface area contributed by atoms with Gasteiger partial charge in [0.25, 0.3) is 5.91 Å². The third-order valence-electron chi connectivity index (χ3n) is 9.43. The second-order valence-electron chi connectivity index (χ2n) is 12.8. The van der Waals surface area contributed by atoms with Crippen molar-refractivity contribution in [2.45, 2.75) is 65.3 Å². The Bertz CT molecular complexity index is 1990. The average Bonchev–Trinajstić information content (AvgIpc) is 3.68. The van der Waals surface area contributed by atoms with Crippen LogP contribution in [0.25, 0.3) is 22.2 Å². The predicted octanol–water partition coefficient (Wildman–Crippen LogP) is 9.65. The molecule has 1 fully saturated rings.